The number of benzene rings is 1. The van der Waals surface area contributed by atoms with Gasteiger partial charge >= 0.3 is 0 Å². The lowest BCUT2D eigenvalue weighted by Crippen LogP contribution is -2.57. The number of amides is 2. The second-order valence-electron chi connectivity index (χ2n) is 10.4. The van der Waals surface area contributed by atoms with Gasteiger partial charge in [0.1, 0.15) is 0 Å². The number of hydrogen-bond acceptors (Lipinski definition) is 7. The average Bonchev–Trinajstić information content (AvgIpc) is 3.47. The first-order chi connectivity index (χ1) is 17.6. The first kappa shape index (κ1) is 21.9. The number of likely N-dealkylation sites (tertiary alicyclic amines) is 1. The van der Waals surface area contributed by atoms with E-state index in [0.29, 0.717) is 43.1 Å². The van der Waals surface area contributed by atoms with Crippen LogP contribution in [0.1, 0.15) is 36.3 Å². The Balaban J connectivity index is 1.15. The minimum absolute atomic E-state index is 0.0337. The van der Waals surface area contributed by atoms with E-state index in [1.165, 1.54) is 17.4 Å². The highest BCUT2D eigenvalue weighted by Crippen LogP contribution is 2.34. The second-order valence-corrected chi connectivity index (χ2v) is 10.4. The topological polar surface area (TPSA) is 116 Å². The summed E-state index contributed by atoms with van der Waals surface area (Å²) in [4.78, 5) is 53.1. The van der Waals surface area contributed by atoms with Gasteiger partial charge in [-0.15, -0.1) is 5.10 Å². The first-order valence-corrected chi connectivity index (χ1v) is 12.9. The van der Waals surface area contributed by atoms with E-state index in [0.717, 1.165) is 26.2 Å². The van der Waals surface area contributed by atoms with Gasteiger partial charge in [0, 0.05) is 45.4 Å². The summed E-state index contributed by atoms with van der Waals surface area (Å²) >= 11 is 0. The quantitative estimate of drug-likeness (QED) is 0.567. The summed E-state index contributed by atoms with van der Waals surface area (Å²) in [6.07, 6.45) is 3.71. The van der Waals surface area contributed by atoms with Crippen molar-refractivity contribution in [3.63, 3.8) is 0 Å². The van der Waals surface area contributed by atoms with Crippen molar-refractivity contribution in [2.75, 3.05) is 39.3 Å². The van der Waals surface area contributed by atoms with E-state index in [1.807, 2.05) is 23.1 Å². The molecule has 0 radical (unpaired) electrons. The molecule has 0 spiro atoms. The number of piperazine rings is 1. The van der Waals surface area contributed by atoms with Gasteiger partial charge in [0.2, 0.25) is 17.4 Å². The molecule has 36 heavy (non-hydrogen) atoms. The smallest absolute Gasteiger partial charge is 0.293 e. The molecule has 3 aromatic rings. The number of fused-ring (bicyclic) bond motifs is 4. The molecule has 1 unspecified atom stereocenters. The first-order valence-electron chi connectivity index (χ1n) is 12.9. The van der Waals surface area contributed by atoms with Gasteiger partial charge in [-0.3, -0.25) is 19.3 Å². The molecule has 7 rings (SSSR count). The molecule has 11 heteroatoms. The van der Waals surface area contributed by atoms with Crippen molar-refractivity contribution in [1.29, 1.82) is 0 Å². The van der Waals surface area contributed by atoms with E-state index in [-0.39, 0.29) is 41.3 Å². The molecule has 1 saturated carbocycles. The molecule has 3 saturated heterocycles. The molecule has 2 amide bonds. The van der Waals surface area contributed by atoms with Crippen molar-refractivity contribution in [3.05, 3.63) is 40.4 Å². The predicted molar refractivity (Wildman–Crippen MR) is 130 cm³/mol. The summed E-state index contributed by atoms with van der Waals surface area (Å²) in [6, 6.07) is 7.86. The van der Waals surface area contributed by atoms with E-state index >= 15 is 0 Å². The largest absolute Gasteiger partial charge is 0.376 e. The van der Waals surface area contributed by atoms with E-state index in [2.05, 4.69) is 20.0 Å². The monoisotopic (exact) mass is 491 g/mol. The number of carbonyl (C=O) groups is 2. The van der Waals surface area contributed by atoms with Crippen molar-refractivity contribution >= 4 is 28.5 Å². The summed E-state index contributed by atoms with van der Waals surface area (Å²) in [6.45, 7) is 4.18. The molecule has 11 nitrogen and oxygen atoms in total. The maximum absolute atomic E-state index is 13.7. The molecule has 2 aromatic heterocycles. The Morgan fingerprint density at radius 1 is 1.06 bits per heavy atom. The van der Waals surface area contributed by atoms with E-state index < -0.39 is 5.56 Å². The van der Waals surface area contributed by atoms with Crippen LogP contribution in [-0.4, -0.2) is 104 Å². The van der Waals surface area contributed by atoms with Crippen LogP contribution in [0.3, 0.4) is 0 Å². The van der Waals surface area contributed by atoms with Gasteiger partial charge < -0.3 is 19.5 Å². The predicted octanol–water partition coefficient (Wildman–Crippen LogP) is 0.497. The van der Waals surface area contributed by atoms with Crippen LogP contribution in [0.25, 0.3) is 16.7 Å². The Hall–Kier alpha value is -3.31. The van der Waals surface area contributed by atoms with Crippen molar-refractivity contribution in [2.45, 2.75) is 43.9 Å². The third kappa shape index (κ3) is 3.60. The summed E-state index contributed by atoms with van der Waals surface area (Å²) < 4.78 is 7.39. The summed E-state index contributed by atoms with van der Waals surface area (Å²) in [5.74, 6) is -0.614. The highest BCUT2D eigenvalue weighted by molar-refractivity contribution is 5.92. The van der Waals surface area contributed by atoms with E-state index in [9.17, 15) is 14.4 Å². The number of H-pyrrole nitrogens is 1. The number of ether oxygens (including phenoxy) is 1. The summed E-state index contributed by atoms with van der Waals surface area (Å²) in [5.41, 5.74) is 0.958. The van der Waals surface area contributed by atoms with Crippen LogP contribution in [0.5, 0.6) is 0 Å². The SMILES string of the molecule is O=C([C@H]1CC2OCC[C@H]2N(C(=O)c2nc3c(=O)[nH]c4ccccc4n3n2)C1)N1CCN(C2CC2)CC1. The van der Waals surface area contributed by atoms with Crippen LogP contribution in [0.4, 0.5) is 0 Å². The number of aromatic amines is 1. The van der Waals surface area contributed by atoms with Crippen LogP contribution in [0, 0.1) is 5.92 Å². The molecule has 1 aromatic carbocycles. The third-order valence-corrected chi connectivity index (χ3v) is 8.19. The van der Waals surface area contributed by atoms with E-state index in [4.69, 9.17) is 4.74 Å². The van der Waals surface area contributed by atoms with Gasteiger partial charge in [0.25, 0.3) is 11.5 Å². The minimum Gasteiger partial charge on any atom is -0.376 e. The maximum Gasteiger partial charge on any atom is 0.293 e. The Morgan fingerprint density at radius 2 is 1.86 bits per heavy atom. The highest BCUT2D eigenvalue weighted by Gasteiger charge is 2.46. The van der Waals surface area contributed by atoms with Crippen molar-refractivity contribution in [1.82, 2.24) is 34.3 Å². The summed E-state index contributed by atoms with van der Waals surface area (Å²) in [7, 11) is 0. The van der Waals surface area contributed by atoms with Crippen LogP contribution in [0.15, 0.2) is 29.1 Å². The Morgan fingerprint density at radius 3 is 2.67 bits per heavy atom. The number of rotatable bonds is 3. The van der Waals surface area contributed by atoms with Crippen LogP contribution < -0.4 is 5.56 Å². The minimum atomic E-state index is -0.403. The molecule has 4 fully saturated rings. The molecule has 4 aliphatic rings. The molecule has 3 aliphatic heterocycles. The van der Waals surface area contributed by atoms with Gasteiger partial charge in [-0.1, -0.05) is 12.1 Å². The second kappa shape index (κ2) is 8.38. The van der Waals surface area contributed by atoms with Gasteiger partial charge in [0.15, 0.2) is 0 Å². The van der Waals surface area contributed by atoms with Crippen molar-refractivity contribution < 1.29 is 14.3 Å². The third-order valence-electron chi connectivity index (χ3n) is 8.19. The van der Waals surface area contributed by atoms with Crippen LogP contribution >= 0.6 is 0 Å². The lowest BCUT2D eigenvalue weighted by molar-refractivity contribution is -0.141. The average molecular weight is 492 g/mol. The molecule has 0 bridgehead atoms. The van der Waals surface area contributed by atoms with Gasteiger partial charge in [0.05, 0.1) is 29.1 Å². The highest BCUT2D eigenvalue weighted by atomic mass is 16.5. The fourth-order valence-corrected chi connectivity index (χ4v) is 6.15. The zero-order valence-electron chi connectivity index (χ0n) is 20.0. The lowest BCUT2D eigenvalue weighted by Gasteiger charge is -2.42. The van der Waals surface area contributed by atoms with E-state index in [1.54, 1.807) is 11.0 Å². The molecule has 1 aliphatic carbocycles. The molecular formula is C25H29N7O4. The Labute approximate surface area is 207 Å². The number of nitrogens with one attached hydrogen (secondary N) is 1. The number of piperidine rings is 1. The van der Waals surface area contributed by atoms with Gasteiger partial charge in [-0.2, -0.15) is 4.98 Å². The number of aromatic nitrogens is 4. The van der Waals surface area contributed by atoms with Gasteiger partial charge in [-0.05, 0) is 37.8 Å². The maximum atomic E-state index is 13.7. The summed E-state index contributed by atoms with van der Waals surface area (Å²) in [5, 5.41) is 4.43. The lowest BCUT2D eigenvalue weighted by atomic mass is 9.88. The normalized spacial score (nSPS) is 27.1. The fourth-order valence-electron chi connectivity index (χ4n) is 6.15. The van der Waals surface area contributed by atoms with Crippen molar-refractivity contribution in [3.8, 4) is 0 Å². The zero-order valence-corrected chi connectivity index (χ0v) is 20.0. The number of hydrogen-bond donors (Lipinski definition) is 1. The molecular weight excluding hydrogens is 462 g/mol. The molecule has 188 valence electrons. The van der Waals surface area contributed by atoms with Crippen LogP contribution in [0.2, 0.25) is 0 Å². The van der Waals surface area contributed by atoms with Crippen LogP contribution in [-0.2, 0) is 9.53 Å². The van der Waals surface area contributed by atoms with Gasteiger partial charge in [-0.25, -0.2) is 4.52 Å². The fraction of sp³-hybridized carbons (Fsp3) is 0.560. The van der Waals surface area contributed by atoms with Crippen molar-refractivity contribution in [2.24, 2.45) is 5.92 Å². The Kier molecular flexibility index (Phi) is 5.10. The number of para-hydroxylation sites is 2. The number of carbonyl (C=O) groups excluding carboxylic acids is 2. The number of nitrogens with zero attached hydrogens (tertiary/aromatic N) is 6. The molecule has 3 atom stereocenters. The molecule has 5 heterocycles. The standard InChI is InChI=1S/C25H29N7O4/c33-23-22-27-21(28-32(22)18-4-2-1-3-17(18)26-23)25(35)31-14-15(13-20-19(31)7-12-36-20)24(34)30-10-8-29(9-11-30)16-5-6-16/h1-4,15-16,19-20H,5-14H2,(H,26,33)/t15-,19+,20?/m0/s1. The Bertz CT molecular complexity index is 1400. The molecule has 1 N–H and O–H groups in total. The zero-order chi connectivity index (χ0) is 24.4.